The molecule has 13 atom stereocenters. The number of carbonyl (C=O) groups excluding carboxylic acids is 8. The molecule has 45 heteroatoms. The van der Waals surface area contributed by atoms with E-state index in [1.54, 1.807) is 60.7 Å². The Labute approximate surface area is 866 Å². The SMILES string of the molecule is COc1cc2c(c(OC)c1OC)-c1ccc(OC)c(=O)cc1C(NC(=O)CCSSC(=O)NCCOCCOCCOCCOCCOCCOc1cc(C(=O)NCCSCCCO[C@]3(C(=O)O)C[C@H](O)[C@@H](NC(C)=O)[C@H]([C@H](O)[C@H](O)CNC(=O)c4ccc(-c5ccccc5)cc4)O3)ccc1C(=O)NCCSCCCO[C@]1(C(=O)O)C[C@H](O)[C@@H](NC(C)=O)[C@H]([C@H](O)[C@H](O)CNC(=O)c3ccc(-c4ccccc4)cc3)O1)CC2. The van der Waals surface area contributed by atoms with Crippen LogP contribution in [0.15, 0.2) is 156 Å². The second kappa shape index (κ2) is 61.0. The minimum Gasteiger partial charge on any atom is -0.493 e. The molecule has 0 spiro atoms. The van der Waals surface area contributed by atoms with Crippen molar-refractivity contribution in [1.29, 1.82) is 0 Å². The highest BCUT2D eigenvalue weighted by molar-refractivity contribution is 8.82. The molecular formula is C102H130N8O33S4. The number of methoxy groups -OCH3 is 4. The maximum atomic E-state index is 13.9. The molecule has 7 aromatic rings. The Kier molecular flexibility index (Phi) is 48.8. The van der Waals surface area contributed by atoms with Gasteiger partial charge in [0, 0.05) is 116 Å². The van der Waals surface area contributed by atoms with Crippen LogP contribution < -0.4 is 71.6 Å². The van der Waals surface area contributed by atoms with Gasteiger partial charge in [0.15, 0.2) is 17.2 Å². The maximum Gasteiger partial charge on any atom is 0.364 e. The molecule has 0 aromatic heterocycles. The molecule has 2 saturated heterocycles. The van der Waals surface area contributed by atoms with Crippen LogP contribution in [0.3, 0.4) is 0 Å². The van der Waals surface area contributed by atoms with E-state index in [1.165, 1.54) is 87.0 Å². The number of aliphatic hydroxyl groups is 6. The number of ether oxygens (including phenoxy) is 14. The van der Waals surface area contributed by atoms with Gasteiger partial charge in [-0.1, -0.05) is 102 Å². The molecule has 0 radical (unpaired) electrons. The third kappa shape index (κ3) is 35.4. The van der Waals surface area contributed by atoms with Gasteiger partial charge in [-0.3, -0.25) is 43.2 Å². The van der Waals surface area contributed by atoms with Gasteiger partial charge in [-0.05, 0) is 137 Å². The van der Waals surface area contributed by atoms with Crippen LogP contribution in [0.1, 0.15) is 111 Å². The molecule has 8 amide bonds. The molecule has 10 rings (SSSR count). The average Bonchev–Trinajstić information content (AvgIpc) is 1.66. The third-order valence-corrected chi connectivity index (χ3v) is 27.9. The predicted molar refractivity (Wildman–Crippen MR) is 547 cm³/mol. The van der Waals surface area contributed by atoms with Crippen molar-refractivity contribution in [3.8, 4) is 62.1 Å². The lowest BCUT2D eigenvalue weighted by Crippen LogP contribution is -2.68. The van der Waals surface area contributed by atoms with Crippen molar-refractivity contribution in [2.24, 2.45) is 0 Å². The average molecular weight is 2120 g/mol. The van der Waals surface area contributed by atoms with Gasteiger partial charge in [0.1, 0.15) is 36.8 Å². The fourth-order valence-corrected chi connectivity index (χ4v) is 19.4. The van der Waals surface area contributed by atoms with E-state index in [0.29, 0.717) is 75.5 Å². The molecular weight excluding hydrogens is 1990 g/mol. The second-order valence-corrected chi connectivity index (χ2v) is 38.8. The lowest BCUT2D eigenvalue weighted by molar-refractivity contribution is -0.310. The number of rotatable bonds is 62. The summed E-state index contributed by atoms with van der Waals surface area (Å²) in [7, 11) is 8.18. The zero-order valence-electron chi connectivity index (χ0n) is 82.4. The number of carboxylic acids is 2. The summed E-state index contributed by atoms with van der Waals surface area (Å²) in [5.74, 6) is -9.09. The number of benzene rings is 6. The zero-order chi connectivity index (χ0) is 106. The van der Waals surface area contributed by atoms with E-state index in [0.717, 1.165) is 52.5 Å². The number of hydrogen-bond acceptors (Lipinski definition) is 35. The highest BCUT2D eigenvalue weighted by Gasteiger charge is 2.58. The van der Waals surface area contributed by atoms with E-state index in [1.807, 2.05) is 66.7 Å². The molecule has 2 fully saturated rings. The van der Waals surface area contributed by atoms with Crippen molar-refractivity contribution in [2.45, 2.75) is 137 Å². The second-order valence-electron chi connectivity index (χ2n) is 33.9. The summed E-state index contributed by atoms with van der Waals surface area (Å²) in [6, 6.07) is 39.8. The van der Waals surface area contributed by atoms with E-state index >= 15 is 0 Å². The fourth-order valence-electron chi connectivity index (χ4n) is 16.3. The van der Waals surface area contributed by atoms with E-state index in [-0.39, 0.29) is 175 Å². The van der Waals surface area contributed by atoms with Crippen molar-refractivity contribution >= 4 is 104 Å². The summed E-state index contributed by atoms with van der Waals surface area (Å²) in [4.78, 5) is 144. The van der Waals surface area contributed by atoms with Crippen LogP contribution in [0.5, 0.6) is 28.7 Å². The largest absolute Gasteiger partial charge is 0.493 e. The highest BCUT2D eigenvalue weighted by Crippen LogP contribution is 2.51. The van der Waals surface area contributed by atoms with Crippen molar-refractivity contribution in [2.75, 3.05) is 176 Å². The molecule has 0 saturated carbocycles. The first-order valence-corrected chi connectivity index (χ1v) is 52.4. The summed E-state index contributed by atoms with van der Waals surface area (Å²) in [5.41, 5.74) is 6.73. The molecule has 0 bridgehead atoms. The number of carbonyl (C=O) groups is 10. The minimum atomic E-state index is -2.56. The van der Waals surface area contributed by atoms with E-state index in [9.17, 15) is 93.6 Å². The zero-order valence-corrected chi connectivity index (χ0v) is 85.7. The molecule has 41 nitrogen and oxygen atoms in total. The number of nitrogens with one attached hydrogen (secondary N) is 8. The van der Waals surface area contributed by atoms with Crippen molar-refractivity contribution < 1.29 is 155 Å². The lowest BCUT2D eigenvalue weighted by atomic mass is 9.88. The summed E-state index contributed by atoms with van der Waals surface area (Å²) in [6.45, 7) is 3.35. The number of fused-ring (bicyclic) bond motifs is 3. The molecule has 16 N–H and O–H groups in total. The Morgan fingerprint density at radius 1 is 0.449 bits per heavy atom. The third-order valence-electron chi connectivity index (χ3n) is 23.6. The van der Waals surface area contributed by atoms with Gasteiger partial charge in [-0.2, -0.15) is 23.5 Å². The van der Waals surface area contributed by atoms with Crippen molar-refractivity contribution in [3.05, 3.63) is 195 Å². The van der Waals surface area contributed by atoms with Crippen LogP contribution >= 0.6 is 45.1 Å². The Balaban J connectivity index is 0.627. The number of amides is 8. The smallest absolute Gasteiger partial charge is 0.364 e. The Morgan fingerprint density at radius 2 is 0.905 bits per heavy atom. The normalized spacial score (nSPS) is 19.1. The molecule has 800 valence electrons. The standard InChI is InChI=1S/C102H130N8O33S4/c1-62(111)108-86-77(114)58-101(98(125)126,142-92(86)88(119)79(116)60-106-94(121)68-23-19-66(20-24-68)64-15-9-7-10-16-64)140-37-13-50-144-53-35-103-96(123)71-27-29-73(97(124)104-36-54-145-51-14-38-141-102(99(127)128)59-78(115)87(109-63(2)112)93(143-102)89(120)80(117)61-107-95(122)69-25-21-67(22-26-69)65-17-11-8-12-18-65)82(56-71)139-49-48-138-47-46-137-45-44-136-43-42-135-41-40-134-39-34-105-100(129)147-146-52-33-84(118)110-75-31-28-70-55-83(131-4)90(132-5)91(133-6)85(70)72-30-32-81(130-3)76(113)57-74(72)75/h7-12,15-27,29-30,32,55-57,75,77-80,86-89,92-93,114-117,119-120H,13-14,28,31,33-54,58-61H2,1-6H3,(H,103,123)(H,104,124)(H,105,129)(H,106,121)(H,107,122)(H,108,111)(H,109,112)(H,110,118)(H,125,126)(H,127,128)/t75?,77-,78-,79+,80+,86+,87+,88+,89+,92+,93+,101+,102+/m0/s1. The number of hydrogen-bond donors (Lipinski definition) is 16. The topological polar surface area (TPSA) is 575 Å². The summed E-state index contributed by atoms with van der Waals surface area (Å²) in [5, 5.41) is 110. The Morgan fingerprint density at radius 3 is 1.37 bits per heavy atom. The maximum absolute atomic E-state index is 13.9. The first-order chi connectivity index (χ1) is 70.9. The van der Waals surface area contributed by atoms with Crippen molar-refractivity contribution in [3.63, 3.8) is 0 Å². The molecule has 147 heavy (non-hydrogen) atoms. The highest BCUT2D eigenvalue weighted by atomic mass is 33.1. The van der Waals surface area contributed by atoms with Gasteiger partial charge in [0.2, 0.25) is 28.9 Å². The summed E-state index contributed by atoms with van der Waals surface area (Å²) >= 11 is 2.74. The van der Waals surface area contributed by atoms with Crippen molar-refractivity contribution in [1.82, 2.24) is 42.5 Å². The molecule has 3 aliphatic rings. The number of aliphatic carboxylic acids is 2. The number of aliphatic hydroxyl groups excluding tert-OH is 6. The molecule has 1 unspecified atom stereocenters. The minimum absolute atomic E-state index is 0.0361. The molecule has 2 heterocycles. The van der Waals surface area contributed by atoms with Gasteiger partial charge in [0.05, 0.1) is 156 Å². The van der Waals surface area contributed by atoms with E-state index in [4.69, 9.17) is 66.3 Å². The van der Waals surface area contributed by atoms with Crippen LogP contribution in [-0.2, 0) is 73.0 Å². The van der Waals surface area contributed by atoms with Gasteiger partial charge in [-0.15, -0.1) is 0 Å². The lowest BCUT2D eigenvalue weighted by Gasteiger charge is -2.46. The van der Waals surface area contributed by atoms with Crippen LogP contribution in [0.25, 0.3) is 33.4 Å². The molecule has 7 aromatic carbocycles. The van der Waals surface area contributed by atoms with Gasteiger partial charge < -0.3 is 150 Å². The Hall–Kier alpha value is -11.3. The van der Waals surface area contributed by atoms with Crippen LogP contribution in [-0.4, -0.2) is 348 Å². The van der Waals surface area contributed by atoms with Gasteiger partial charge in [0.25, 0.3) is 40.4 Å². The quantitative estimate of drug-likeness (QED) is 0.0159. The summed E-state index contributed by atoms with van der Waals surface area (Å²) < 4.78 is 80.4. The predicted octanol–water partition coefficient (Wildman–Crippen LogP) is 5.74. The van der Waals surface area contributed by atoms with Crippen LogP contribution in [0, 0.1) is 0 Å². The number of aryl methyl sites for hydroxylation is 1. The monoisotopic (exact) mass is 2120 g/mol. The summed E-state index contributed by atoms with van der Waals surface area (Å²) in [6.07, 6.45) is -14.3. The van der Waals surface area contributed by atoms with E-state index < -0.39 is 152 Å². The van der Waals surface area contributed by atoms with Gasteiger partial charge >= 0.3 is 11.9 Å². The van der Waals surface area contributed by atoms with E-state index in [2.05, 4.69) is 42.5 Å². The first kappa shape index (κ1) is 118. The van der Waals surface area contributed by atoms with Gasteiger partial charge in [-0.25, -0.2) is 9.59 Å². The molecule has 2 aliphatic heterocycles. The van der Waals surface area contributed by atoms with Crippen LogP contribution in [0.4, 0.5) is 4.79 Å². The Bertz CT molecular complexity index is 5510. The van der Waals surface area contributed by atoms with Crippen LogP contribution in [0.2, 0.25) is 0 Å². The molecule has 1 aliphatic carbocycles. The fraction of sp³-hybridized carbons (Fsp3) is 0.480. The number of thioether (sulfide) groups is 2. The first-order valence-electron chi connectivity index (χ1n) is 47.8. The number of carboxylic acid groups (broad SMARTS) is 2.